The molecule has 1 fully saturated rings. The van der Waals surface area contributed by atoms with Gasteiger partial charge in [-0.25, -0.2) is 0 Å². The van der Waals surface area contributed by atoms with Crippen molar-refractivity contribution in [1.29, 1.82) is 0 Å². The fourth-order valence-electron chi connectivity index (χ4n) is 6.95. The summed E-state index contributed by atoms with van der Waals surface area (Å²) in [7, 11) is 1.69. The third-order valence-corrected chi connectivity index (χ3v) is 9.42. The molecule has 1 aromatic heterocycles. The van der Waals surface area contributed by atoms with Crippen LogP contribution in [0.25, 0.3) is 10.9 Å². The number of aromatic nitrogens is 1. The first-order valence-electron chi connectivity index (χ1n) is 15.4. The maximum atomic E-state index is 12.3. The van der Waals surface area contributed by atoms with E-state index in [2.05, 4.69) is 78.6 Å². The number of fused-ring (bicyclic) bond motifs is 1. The number of pyridine rings is 1. The van der Waals surface area contributed by atoms with Crippen LogP contribution in [0.1, 0.15) is 109 Å². The molecule has 0 amide bonds. The van der Waals surface area contributed by atoms with Crippen LogP contribution in [-0.2, 0) is 17.4 Å². The number of ether oxygens (including phenoxy) is 1. The maximum Gasteiger partial charge on any atom is 0.131 e. The lowest BCUT2D eigenvalue weighted by Gasteiger charge is -2.51. The first kappa shape index (κ1) is 30.5. The largest absolute Gasteiger partial charge is 0.497 e. The number of methoxy groups -OCH3 is 1. The third kappa shape index (κ3) is 6.39. The van der Waals surface area contributed by atoms with E-state index in [9.17, 15) is 5.11 Å². The second-order valence-electron chi connectivity index (χ2n) is 14.3. The average Bonchev–Trinajstić information content (AvgIpc) is 2.91. The molecule has 1 aliphatic heterocycles. The van der Waals surface area contributed by atoms with Crippen LogP contribution in [0.4, 0.5) is 0 Å². The predicted molar refractivity (Wildman–Crippen MR) is 168 cm³/mol. The van der Waals surface area contributed by atoms with Crippen LogP contribution in [0.3, 0.4) is 0 Å². The highest BCUT2D eigenvalue weighted by Gasteiger charge is 2.45. The zero-order chi connectivity index (χ0) is 29.3. The molecule has 0 saturated carbocycles. The van der Waals surface area contributed by atoms with E-state index in [0.717, 1.165) is 52.8 Å². The number of aliphatic hydroxyl groups is 1. The Bertz CT molecular complexity index is 1270. The van der Waals surface area contributed by atoms with Crippen molar-refractivity contribution in [2.24, 2.45) is 5.92 Å². The molecule has 4 rings (SSSR count). The number of piperidine rings is 1. The van der Waals surface area contributed by atoms with Gasteiger partial charge in [0.05, 0.1) is 25.7 Å². The minimum absolute atomic E-state index is 0.0768. The quantitative estimate of drug-likeness (QED) is 0.289. The summed E-state index contributed by atoms with van der Waals surface area (Å²) in [5.74, 6) is 1.47. The first-order chi connectivity index (χ1) is 18.8. The van der Waals surface area contributed by atoms with Gasteiger partial charge in [0.15, 0.2) is 0 Å². The van der Waals surface area contributed by atoms with Gasteiger partial charge in [0, 0.05) is 23.1 Å². The summed E-state index contributed by atoms with van der Waals surface area (Å²) < 4.78 is 6.48. The van der Waals surface area contributed by atoms with Crippen LogP contribution < -0.4 is 4.74 Å². The molecule has 0 radical (unpaired) electrons. The number of rotatable bonds is 8. The molecule has 1 aliphatic rings. The molecule has 2 aromatic carbocycles. The normalized spacial score (nSPS) is 21.8. The third-order valence-electron chi connectivity index (χ3n) is 9.42. The molecule has 218 valence electrons. The predicted octanol–water partition coefficient (Wildman–Crippen LogP) is 8.49. The highest BCUT2D eigenvalue weighted by Crippen LogP contribution is 2.40. The Balaban J connectivity index is 1.84. The fraction of sp³-hybridized carbons (Fsp3) is 0.583. The Morgan fingerprint density at radius 2 is 1.65 bits per heavy atom. The Kier molecular flexibility index (Phi) is 9.02. The molecule has 4 atom stereocenters. The lowest BCUT2D eigenvalue weighted by Crippen LogP contribution is -2.61. The van der Waals surface area contributed by atoms with E-state index >= 15 is 0 Å². The van der Waals surface area contributed by atoms with E-state index in [-0.39, 0.29) is 16.9 Å². The number of quaternary nitrogens is 1. The molecule has 4 nitrogen and oxygen atoms in total. The van der Waals surface area contributed by atoms with Gasteiger partial charge in [-0.2, -0.15) is 0 Å². The first-order valence-corrected chi connectivity index (χ1v) is 15.4. The molecule has 1 N–H and O–H groups in total. The molecular formula is C36H53N2O2+. The molecule has 2 heterocycles. The standard InChI is InChI=1S/C36H53N2O2/c1-10-25-13-12-18-38(23-25,24-26-19-27(35(3,4)5)21-28(20-26)36(6,7)8)33(11-2)34(39)30-16-17-37-32-15-14-29(40-9)22-31(30)32/h14-17,19-22,25,33-34,39H,10-13,18,23-24H2,1-9H3/q+1. The van der Waals surface area contributed by atoms with Crippen molar-refractivity contribution in [3.05, 3.63) is 70.9 Å². The van der Waals surface area contributed by atoms with E-state index in [1.807, 2.05) is 30.5 Å². The molecule has 0 bridgehead atoms. The molecule has 40 heavy (non-hydrogen) atoms. The number of likely N-dealkylation sites (tertiary alicyclic amines) is 1. The minimum atomic E-state index is -0.592. The van der Waals surface area contributed by atoms with Crippen LogP contribution in [0, 0.1) is 5.92 Å². The van der Waals surface area contributed by atoms with Crippen molar-refractivity contribution in [3.63, 3.8) is 0 Å². The summed E-state index contributed by atoms with van der Waals surface area (Å²) in [5, 5.41) is 13.3. The van der Waals surface area contributed by atoms with Gasteiger partial charge in [0.2, 0.25) is 0 Å². The molecule has 3 aromatic rings. The van der Waals surface area contributed by atoms with E-state index < -0.39 is 6.10 Å². The van der Waals surface area contributed by atoms with E-state index in [1.54, 1.807) is 7.11 Å². The van der Waals surface area contributed by atoms with Gasteiger partial charge in [0.1, 0.15) is 24.4 Å². The Morgan fingerprint density at radius 3 is 2.23 bits per heavy atom. The van der Waals surface area contributed by atoms with E-state index in [1.165, 1.54) is 36.0 Å². The molecule has 0 spiro atoms. The van der Waals surface area contributed by atoms with Crippen molar-refractivity contribution >= 4 is 10.9 Å². The lowest BCUT2D eigenvalue weighted by molar-refractivity contribution is -0.974. The molecule has 0 aliphatic carbocycles. The topological polar surface area (TPSA) is 42.4 Å². The fourth-order valence-corrected chi connectivity index (χ4v) is 6.95. The minimum Gasteiger partial charge on any atom is -0.497 e. The smallest absolute Gasteiger partial charge is 0.131 e. The molecule has 4 heteroatoms. The van der Waals surface area contributed by atoms with Crippen molar-refractivity contribution in [2.45, 2.75) is 111 Å². The van der Waals surface area contributed by atoms with Crippen LogP contribution in [0.2, 0.25) is 0 Å². The second-order valence-corrected chi connectivity index (χ2v) is 14.3. The number of nitrogens with zero attached hydrogens (tertiary/aromatic N) is 2. The average molecular weight is 546 g/mol. The van der Waals surface area contributed by atoms with Gasteiger partial charge in [-0.3, -0.25) is 4.98 Å². The van der Waals surface area contributed by atoms with E-state index in [0.29, 0.717) is 5.92 Å². The van der Waals surface area contributed by atoms with Gasteiger partial charge in [-0.1, -0.05) is 61.5 Å². The summed E-state index contributed by atoms with van der Waals surface area (Å²) >= 11 is 0. The summed E-state index contributed by atoms with van der Waals surface area (Å²) in [6.45, 7) is 21.7. The van der Waals surface area contributed by atoms with Gasteiger partial charge < -0.3 is 14.3 Å². The SMILES string of the molecule is CCC1CCC[N+](Cc2cc(C(C)(C)C)cc(C(C)(C)C)c2)(C(CC)C(O)c2ccnc3ccc(OC)cc23)C1. The number of aliphatic hydroxyl groups excluding tert-OH is 1. The summed E-state index contributed by atoms with van der Waals surface area (Å²) in [6, 6.07) is 15.4. The van der Waals surface area contributed by atoms with Gasteiger partial charge in [-0.15, -0.1) is 0 Å². The van der Waals surface area contributed by atoms with Gasteiger partial charge in [0.25, 0.3) is 0 Å². The van der Waals surface area contributed by atoms with Gasteiger partial charge >= 0.3 is 0 Å². The maximum absolute atomic E-state index is 12.3. The lowest BCUT2D eigenvalue weighted by atomic mass is 9.79. The van der Waals surface area contributed by atoms with Gasteiger partial charge in [-0.05, 0) is 89.6 Å². The Labute approximate surface area is 243 Å². The highest BCUT2D eigenvalue weighted by molar-refractivity contribution is 5.83. The second kappa shape index (κ2) is 11.8. The van der Waals surface area contributed by atoms with Crippen LogP contribution in [-0.4, -0.2) is 40.8 Å². The summed E-state index contributed by atoms with van der Waals surface area (Å²) in [4.78, 5) is 4.60. The summed E-state index contributed by atoms with van der Waals surface area (Å²) in [5.41, 5.74) is 6.22. The van der Waals surface area contributed by atoms with Crippen molar-refractivity contribution in [3.8, 4) is 5.75 Å². The number of hydrogen-bond donors (Lipinski definition) is 1. The van der Waals surface area contributed by atoms with Crippen LogP contribution in [0.15, 0.2) is 48.7 Å². The zero-order valence-electron chi connectivity index (χ0n) is 26.6. The highest BCUT2D eigenvalue weighted by atomic mass is 16.5. The zero-order valence-corrected chi connectivity index (χ0v) is 26.6. The monoisotopic (exact) mass is 545 g/mol. The van der Waals surface area contributed by atoms with E-state index in [4.69, 9.17) is 4.74 Å². The van der Waals surface area contributed by atoms with Crippen molar-refractivity contribution < 1.29 is 14.3 Å². The Hall–Kier alpha value is -2.43. The van der Waals surface area contributed by atoms with Crippen molar-refractivity contribution in [1.82, 2.24) is 4.98 Å². The van der Waals surface area contributed by atoms with Crippen LogP contribution >= 0.6 is 0 Å². The van der Waals surface area contributed by atoms with Crippen LogP contribution in [0.5, 0.6) is 5.75 Å². The Morgan fingerprint density at radius 1 is 0.975 bits per heavy atom. The number of benzene rings is 2. The van der Waals surface area contributed by atoms with Crippen molar-refractivity contribution in [2.75, 3.05) is 20.2 Å². The molecule has 4 unspecified atom stereocenters. The number of hydrogen-bond acceptors (Lipinski definition) is 3. The summed E-state index contributed by atoms with van der Waals surface area (Å²) in [6.07, 6.45) is 5.85. The molecule has 1 saturated heterocycles. The molecular weight excluding hydrogens is 492 g/mol.